The fourth-order valence-corrected chi connectivity index (χ4v) is 1.54. The summed E-state index contributed by atoms with van der Waals surface area (Å²) in [6.45, 7) is 1.97. The van der Waals surface area contributed by atoms with Gasteiger partial charge in [-0.2, -0.15) is 4.98 Å². The molecule has 0 saturated carbocycles. The molecule has 0 aliphatic carbocycles. The predicted octanol–water partition coefficient (Wildman–Crippen LogP) is 2.28. The van der Waals surface area contributed by atoms with E-state index < -0.39 is 0 Å². The second-order valence-corrected chi connectivity index (χ2v) is 3.95. The number of rotatable bonds is 3. The van der Waals surface area contributed by atoms with Gasteiger partial charge in [0.1, 0.15) is 5.02 Å². The van der Waals surface area contributed by atoms with Crippen molar-refractivity contribution < 1.29 is 0 Å². The number of nitrogens with zero attached hydrogens (tertiary/aromatic N) is 3. The summed E-state index contributed by atoms with van der Waals surface area (Å²) in [4.78, 5) is 12.1. The number of hydrogen-bond acceptors (Lipinski definition) is 5. The standard InChI is InChI=1S/C11H12ClN5/c1-7(9-4-2-3-5-14-9)16-10-8(12)6-15-11(13)17-10/h2-7H,1H3,(H3,13,15,16,17). The maximum absolute atomic E-state index is 5.96. The zero-order chi connectivity index (χ0) is 12.3. The highest BCUT2D eigenvalue weighted by Gasteiger charge is 2.10. The number of pyridine rings is 1. The van der Waals surface area contributed by atoms with E-state index >= 15 is 0 Å². The van der Waals surface area contributed by atoms with E-state index in [2.05, 4.69) is 20.3 Å². The Labute approximate surface area is 104 Å². The van der Waals surface area contributed by atoms with Crippen LogP contribution in [0.3, 0.4) is 0 Å². The van der Waals surface area contributed by atoms with E-state index in [4.69, 9.17) is 17.3 Å². The number of aromatic nitrogens is 3. The van der Waals surface area contributed by atoms with Crippen LogP contribution < -0.4 is 11.1 Å². The fraction of sp³-hybridized carbons (Fsp3) is 0.182. The maximum atomic E-state index is 5.96. The minimum absolute atomic E-state index is 0.0111. The van der Waals surface area contributed by atoms with E-state index in [0.717, 1.165) is 5.69 Å². The van der Waals surface area contributed by atoms with Gasteiger partial charge >= 0.3 is 0 Å². The third-order valence-electron chi connectivity index (χ3n) is 2.25. The summed E-state index contributed by atoms with van der Waals surface area (Å²) in [5.74, 6) is 0.697. The fourth-order valence-electron chi connectivity index (χ4n) is 1.39. The van der Waals surface area contributed by atoms with E-state index in [0.29, 0.717) is 10.8 Å². The molecule has 0 saturated heterocycles. The highest BCUT2D eigenvalue weighted by Crippen LogP contribution is 2.23. The van der Waals surface area contributed by atoms with Crippen molar-refractivity contribution in [1.29, 1.82) is 0 Å². The molecule has 88 valence electrons. The van der Waals surface area contributed by atoms with Crippen LogP contribution >= 0.6 is 11.6 Å². The van der Waals surface area contributed by atoms with Gasteiger partial charge < -0.3 is 11.1 Å². The van der Waals surface area contributed by atoms with Crippen molar-refractivity contribution in [2.24, 2.45) is 0 Å². The number of anilines is 2. The van der Waals surface area contributed by atoms with Crippen LogP contribution in [-0.4, -0.2) is 15.0 Å². The molecule has 0 aliphatic rings. The van der Waals surface area contributed by atoms with Crippen molar-refractivity contribution in [3.05, 3.63) is 41.3 Å². The molecule has 5 nitrogen and oxygen atoms in total. The maximum Gasteiger partial charge on any atom is 0.222 e. The molecule has 3 N–H and O–H groups in total. The zero-order valence-corrected chi connectivity index (χ0v) is 10.0. The molecule has 0 bridgehead atoms. The van der Waals surface area contributed by atoms with Gasteiger partial charge in [0.15, 0.2) is 5.82 Å². The molecule has 0 aromatic carbocycles. The smallest absolute Gasteiger partial charge is 0.222 e. The molecule has 1 unspecified atom stereocenters. The molecule has 2 aromatic rings. The molecule has 0 spiro atoms. The van der Waals surface area contributed by atoms with Crippen LogP contribution in [0.15, 0.2) is 30.6 Å². The van der Waals surface area contributed by atoms with Crippen molar-refractivity contribution in [1.82, 2.24) is 15.0 Å². The summed E-state index contributed by atoms with van der Waals surface area (Å²) in [6, 6.07) is 5.71. The predicted molar refractivity (Wildman–Crippen MR) is 67.7 cm³/mol. The van der Waals surface area contributed by atoms with Crippen molar-refractivity contribution in [2.45, 2.75) is 13.0 Å². The summed E-state index contributed by atoms with van der Waals surface area (Å²) in [6.07, 6.45) is 3.21. The highest BCUT2D eigenvalue weighted by molar-refractivity contribution is 6.32. The Bertz CT molecular complexity index is 502. The number of nitrogen functional groups attached to an aromatic ring is 1. The summed E-state index contributed by atoms with van der Waals surface area (Å²) in [7, 11) is 0. The second-order valence-electron chi connectivity index (χ2n) is 3.55. The van der Waals surface area contributed by atoms with Crippen LogP contribution in [0.5, 0.6) is 0 Å². The van der Waals surface area contributed by atoms with E-state index in [1.165, 1.54) is 6.20 Å². The highest BCUT2D eigenvalue weighted by atomic mass is 35.5. The number of nitrogens with two attached hydrogens (primary N) is 1. The lowest BCUT2D eigenvalue weighted by Gasteiger charge is -2.14. The number of nitrogens with one attached hydrogen (secondary N) is 1. The third kappa shape index (κ3) is 2.82. The van der Waals surface area contributed by atoms with Gasteiger partial charge in [0.05, 0.1) is 17.9 Å². The lowest BCUT2D eigenvalue weighted by molar-refractivity contribution is 0.831. The largest absolute Gasteiger partial charge is 0.368 e. The van der Waals surface area contributed by atoms with Gasteiger partial charge in [0.2, 0.25) is 5.95 Å². The quantitative estimate of drug-likeness (QED) is 0.873. The molecular weight excluding hydrogens is 238 g/mol. The first kappa shape index (κ1) is 11.6. The van der Waals surface area contributed by atoms with Crippen molar-refractivity contribution in [3.63, 3.8) is 0 Å². The number of hydrogen-bond donors (Lipinski definition) is 2. The van der Waals surface area contributed by atoms with E-state index in [-0.39, 0.29) is 12.0 Å². The molecule has 17 heavy (non-hydrogen) atoms. The third-order valence-corrected chi connectivity index (χ3v) is 2.52. The average Bonchev–Trinajstić information content (AvgIpc) is 2.35. The minimum Gasteiger partial charge on any atom is -0.368 e. The van der Waals surface area contributed by atoms with Gasteiger partial charge in [-0.25, -0.2) is 4.98 Å². The van der Waals surface area contributed by atoms with Gasteiger partial charge in [0.25, 0.3) is 0 Å². The molecule has 0 amide bonds. The minimum atomic E-state index is -0.0111. The Balaban J connectivity index is 2.18. The molecule has 2 heterocycles. The topological polar surface area (TPSA) is 76.7 Å². The van der Waals surface area contributed by atoms with E-state index in [9.17, 15) is 0 Å². The van der Waals surface area contributed by atoms with Gasteiger partial charge in [-0.15, -0.1) is 0 Å². The first-order valence-electron chi connectivity index (χ1n) is 5.12. The first-order valence-corrected chi connectivity index (χ1v) is 5.50. The molecule has 2 aromatic heterocycles. The summed E-state index contributed by atoms with van der Waals surface area (Å²) in [5, 5.41) is 3.57. The van der Waals surface area contributed by atoms with Crippen LogP contribution in [-0.2, 0) is 0 Å². The van der Waals surface area contributed by atoms with Crippen molar-refractivity contribution >= 4 is 23.4 Å². The Hall–Kier alpha value is -1.88. The van der Waals surface area contributed by atoms with Crippen LogP contribution in [0.1, 0.15) is 18.7 Å². The Morgan fingerprint density at radius 3 is 2.88 bits per heavy atom. The molecule has 0 fully saturated rings. The Morgan fingerprint density at radius 1 is 1.35 bits per heavy atom. The molecule has 0 radical (unpaired) electrons. The van der Waals surface area contributed by atoms with Gasteiger partial charge in [-0.1, -0.05) is 17.7 Å². The summed E-state index contributed by atoms with van der Waals surface area (Å²) >= 11 is 5.96. The van der Waals surface area contributed by atoms with Gasteiger partial charge in [0, 0.05) is 6.20 Å². The monoisotopic (exact) mass is 249 g/mol. The molecule has 1 atom stereocenters. The molecule has 6 heteroatoms. The molecular formula is C11H12ClN5. The van der Waals surface area contributed by atoms with Crippen LogP contribution in [0.4, 0.5) is 11.8 Å². The second kappa shape index (κ2) is 4.97. The average molecular weight is 250 g/mol. The normalized spacial score (nSPS) is 12.1. The summed E-state index contributed by atoms with van der Waals surface area (Å²) in [5.41, 5.74) is 6.41. The number of halogens is 1. The molecule has 2 rings (SSSR count). The Morgan fingerprint density at radius 2 is 2.18 bits per heavy atom. The lowest BCUT2D eigenvalue weighted by Crippen LogP contribution is -2.11. The van der Waals surface area contributed by atoms with Crippen LogP contribution in [0, 0.1) is 0 Å². The summed E-state index contributed by atoms with van der Waals surface area (Å²) < 4.78 is 0. The van der Waals surface area contributed by atoms with E-state index in [1.807, 2.05) is 25.1 Å². The van der Waals surface area contributed by atoms with Gasteiger partial charge in [-0.3, -0.25) is 4.98 Å². The van der Waals surface area contributed by atoms with Crippen LogP contribution in [0.2, 0.25) is 5.02 Å². The lowest BCUT2D eigenvalue weighted by atomic mass is 10.2. The first-order chi connectivity index (χ1) is 8.16. The van der Waals surface area contributed by atoms with Gasteiger partial charge in [-0.05, 0) is 19.1 Å². The van der Waals surface area contributed by atoms with Crippen molar-refractivity contribution in [3.8, 4) is 0 Å². The van der Waals surface area contributed by atoms with Crippen molar-refractivity contribution in [2.75, 3.05) is 11.1 Å². The zero-order valence-electron chi connectivity index (χ0n) is 9.26. The molecule has 0 aliphatic heterocycles. The van der Waals surface area contributed by atoms with E-state index in [1.54, 1.807) is 6.20 Å². The Kier molecular flexibility index (Phi) is 3.39. The SMILES string of the molecule is CC(Nc1nc(N)ncc1Cl)c1ccccn1. The van der Waals surface area contributed by atoms with Crippen LogP contribution in [0.25, 0.3) is 0 Å².